The van der Waals surface area contributed by atoms with Crippen molar-refractivity contribution in [3.05, 3.63) is 243 Å². The van der Waals surface area contributed by atoms with Crippen LogP contribution in [0.4, 0.5) is 0 Å². The van der Waals surface area contributed by atoms with Crippen LogP contribution >= 0.6 is 0 Å². The summed E-state index contributed by atoms with van der Waals surface area (Å²) in [5, 5.41) is 12.1. The first-order valence-electron chi connectivity index (χ1n) is 22.4. The molecule has 0 fully saturated rings. The molecule has 0 saturated carbocycles. The average molecular weight is 825 g/mol. The summed E-state index contributed by atoms with van der Waals surface area (Å²) in [4.78, 5) is 0. The molecular formula is C64H40O. The summed E-state index contributed by atoms with van der Waals surface area (Å²) < 4.78 is 6.62. The summed E-state index contributed by atoms with van der Waals surface area (Å²) in [7, 11) is 0. The molecule has 302 valence electrons. The summed E-state index contributed by atoms with van der Waals surface area (Å²) in [5.41, 5.74) is 16.4. The highest BCUT2D eigenvalue weighted by Crippen LogP contribution is 2.47. The van der Waals surface area contributed by atoms with E-state index in [-0.39, 0.29) is 0 Å². The predicted octanol–water partition coefficient (Wildman–Crippen LogP) is 18.2. The number of furan rings is 1. The summed E-state index contributed by atoms with van der Waals surface area (Å²) in [6.07, 6.45) is 0. The first kappa shape index (κ1) is 37.1. The van der Waals surface area contributed by atoms with E-state index in [4.69, 9.17) is 4.42 Å². The van der Waals surface area contributed by atoms with Crippen molar-refractivity contribution in [3.8, 4) is 66.8 Å². The van der Waals surface area contributed by atoms with Gasteiger partial charge >= 0.3 is 0 Å². The van der Waals surface area contributed by atoms with Gasteiger partial charge in [0.05, 0.1) is 0 Å². The molecule has 1 aromatic heterocycles. The molecule has 0 spiro atoms. The van der Waals surface area contributed by atoms with Gasteiger partial charge < -0.3 is 4.42 Å². The molecule has 0 saturated heterocycles. The molecule has 65 heavy (non-hydrogen) atoms. The lowest BCUT2D eigenvalue weighted by Crippen LogP contribution is -1.91. The summed E-state index contributed by atoms with van der Waals surface area (Å²) in [6, 6.07) is 88.4. The van der Waals surface area contributed by atoms with Crippen molar-refractivity contribution in [2.45, 2.75) is 0 Å². The van der Waals surface area contributed by atoms with Crippen LogP contribution in [-0.4, -0.2) is 0 Å². The lowest BCUT2D eigenvalue weighted by Gasteiger charge is -2.18. The van der Waals surface area contributed by atoms with Gasteiger partial charge in [-0.25, -0.2) is 0 Å². The molecule has 0 N–H and O–H groups in total. The lowest BCUT2D eigenvalue weighted by atomic mass is 9.85. The van der Waals surface area contributed by atoms with E-state index in [2.05, 4.69) is 243 Å². The summed E-state index contributed by atoms with van der Waals surface area (Å²) in [6.45, 7) is 0. The van der Waals surface area contributed by atoms with Crippen LogP contribution in [0.3, 0.4) is 0 Å². The van der Waals surface area contributed by atoms with Gasteiger partial charge in [-0.2, -0.15) is 0 Å². The van der Waals surface area contributed by atoms with E-state index < -0.39 is 0 Å². The topological polar surface area (TPSA) is 13.1 Å². The van der Waals surface area contributed by atoms with Gasteiger partial charge in [0.2, 0.25) is 0 Å². The van der Waals surface area contributed by atoms with Crippen molar-refractivity contribution in [2.24, 2.45) is 0 Å². The van der Waals surface area contributed by atoms with Crippen LogP contribution in [0.5, 0.6) is 0 Å². The minimum Gasteiger partial charge on any atom is -0.456 e. The van der Waals surface area contributed by atoms with Crippen LogP contribution in [0.2, 0.25) is 0 Å². The second kappa shape index (κ2) is 15.1. The molecule has 0 unspecified atom stereocenters. The molecule has 0 amide bonds. The highest BCUT2D eigenvalue weighted by Gasteiger charge is 2.20. The van der Waals surface area contributed by atoms with Crippen molar-refractivity contribution in [2.75, 3.05) is 0 Å². The largest absolute Gasteiger partial charge is 0.456 e. The maximum Gasteiger partial charge on any atom is 0.135 e. The monoisotopic (exact) mass is 824 g/mol. The van der Waals surface area contributed by atoms with E-state index in [1.807, 2.05) is 0 Å². The normalized spacial score (nSPS) is 11.7. The molecule has 13 aromatic rings. The zero-order valence-corrected chi connectivity index (χ0v) is 35.5. The Hall–Kier alpha value is -8.52. The Bertz CT molecular complexity index is 3580. The van der Waals surface area contributed by atoms with Crippen LogP contribution in [0.15, 0.2) is 247 Å². The van der Waals surface area contributed by atoms with E-state index in [1.54, 1.807) is 0 Å². The Morgan fingerprint density at radius 3 is 0.708 bits per heavy atom. The Balaban J connectivity index is 0.974. The van der Waals surface area contributed by atoms with E-state index in [0.29, 0.717) is 0 Å². The van der Waals surface area contributed by atoms with Gasteiger partial charge in [-0.15, -0.1) is 0 Å². The zero-order valence-electron chi connectivity index (χ0n) is 35.5. The molecule has 0 radical (unpaired) electrons. The molecule has 0 atom stereocenters. The van der Waals surface area contributed by atoms with Gasteiger partial charge in [0.1, 0.15) is 11.2 Å². The van der Waals surface area contributed by atoms with E-state index >= 15 is 0 Å². The molecular weight excluding hydrogens is 785 g/mol. The standard InChI is InChI=1S/C64H40O/c1-3-15-41(16-4-1)43-27-31-45(32-28-43)61-49-19-7-11-23-53(49)63(54-24-12-8-20-50(54)61)47-35-37-59-57(39-47)58-40-48(36-38-60(58)65-59)64-55-25-13-9-21-51(55)62(52-22-10-14-26-56(52)64)46-33-29-44(30-34-46)42-17-5-2-6-18-42/h1-40H. The van der Waals surface area contributed by atoms with Crippen LogP contribution in [0, 0.1) is 0 Å². The maximum absolute atomic E-state index is 6.62. The molecule has 12 aromatic carbocycles. The summed E-state index contributed by atoms with van der Waals surface area (Å²) >= 11 is 0. The van der Waals surface area contributed by atoms with Gasteiger partial charge in [-0.3, -0.25) is 0 Å². The Morgan fingerprint density at radius 1 is 0.169 bits per heavy atom. The Morgan fingerprint density at radius 2 is 0.400 bits per heavy atom. The number of benzene rings is 12. The molecule has 0 aliphatic carbocycles. The van der Waals surface area contributed by atoms with E-state index in [0.717, 1.165) is 21.9 Å². The van der Waals surface area contributed by atoms with Crippen molar-refractivity contribution in [1.82, 2.24) is 0 Å². The van der Waals surface area contributed by atoms with Gasteiger partial charge in [0, 0.05) is 10.8 Å². The smallest absolute Gasteiger partial charge is 0.135 e. The second-order valence-electron chi connectivity index (χ2n) is 17.1. The maximum atomic E-state index is 6.62. The Labute approximate surface area is 377 Å². The van der Waals surface area contributed by atoms with Crippen LogP contribution in [0.1, 0.15) is 0 Å². The molecule has 1 heterocycles. The van der Waals surface area contributed by atoms with Crippen molar-refractivity contribution >= 4 is 65.0 Å². The fourth-order valence-corrected chi connectivity index (χ4v) is 10.5. The lowest BCUT2D eigenvalue weighted by molar-refractivity contribution is 0.669. The number of hydrogen-bond donors (Lipinski definition) is 0. The van der Waals surface area contributed by atoms with Crippen LogP contribution in [0.25, 0.3) is 132 Å². The van der Waals surface area contributed by atoms with Gasteiger partial charge in [-0.1, -0.05) is 218 Å². The first-order valence-corrected chi connectivity index (χ1v) is 22.4. The molecule has 13 rings (SSSR count). The molecule has 1 nitrogen and oxygen atoms in total. The molecule has 0 aliphatic heterocycles. The van der Waals surface area contributed by atoms with Crippen LogP contribution in [-0.2, 0) is 0 Å². The quantitative estimate of drug-likeness (QED) is 0.152. The van der Waals surface area contributed by atoms with Crippen LogP contribution < -0.4 is 0 Å². The Kier molecular flexibility index (Phi) is 8.60. The molecule has 0 bridgehead atoms. The second-order valence-corrected chi connectivity index (χ2v) is 17.1. The van der Waals surface area contributed by atoms with Crippen molar-refractivity contribution in [3.63, 3.8) is 0 Å². The fourth-order valence-electron chi connectivity index (χ4n) is 10.5. The third-order valence-electron chi connectivity index (χ3n) is 13.5. The minimum atomic E-state index is 0.883. The van der Waals surface area contributed by atoms with Gasteiger partial charge in [-0.05, 0) is 134 Å². The predicted molar refractivity (Wildman–Crippen MR) is 276 cm³/mol. The number of rotatable bonds is 6. The van der Waals surface area contributed by atoms with E-state index in [1.165, 1.54) is 110 Å². The van der Waals surface area contributed by atoms with Crippen molar-refractivity contribution in [1.29, 1.82) is 0 Å². The van der Waals surface area contributed by atoms with Crippen molar-refractivity contribution < 1.29 is 4.42 Å². The number of hydrogen-bond acceptors (Lipinski definition) is 1. The first-order chi connectivity index (χ1) is 32.2. The van der Waals surface area contributed by atoms with E-state index in [9.17, 15) is 0 Å². The highest BCUT2D eigenvalue weighted by molar-refractivity contribution is 6.24. The van der Waals surface area contributed by atoms with Gasteiger partial charge in [0.15, 0.2) is 0 Å². The summed E-state index contributed by atoms with van der Waals surface area (Å²) in [5.74, 6) is 0. The number of fused-ring (bicyclic) bond motifs is 7. The minimum absolute atomic E-state index is 0.883. The third kappa shape index (κ3) is 6.09. The highest BCUT2D eigenvalue weighted by atomic mass is 16.3. The molecule has 0 aliphatic rings. The van der Waals surface area contributed by atoms with Gasteiger partial charge in [0.25, 0.3) is 0 Å². The SMILES string of the molecule is c1ccc(-c2ccc(-c3c4ccccc4c(-c4ccc5oc6ccc(-c7c8ccccc8c(-c8ccc(-c9ccccc9)cc8)c8ccccc78)cc6c5c4)c4ccccc34)cc2)cc1. The fraction of sp³-hybridized carbons (Fsp3) is 0. The zero-order chi connectivity index (χ0) is 42.8. The average Bonchev–Trinajstić information content (AvgIpc) is 3.75. The molecule has 1 heteroatoms. The third-order valence-corrected chi connectivity index (χ3v) is 13.5.